The van der Waals surface area contributed by atoms with Crippen LogP contribution < -0.4 is 9.47 Å². The number of carboxylic acid groups (broad SMARTS) is 1. The number of benzene rings is 1. The van der Waals surface area contributed by atoms with Gasteiger partial charge in [0.2, 0.25) is 5.89 Å². The smallest absolute Gasteiger partial charge is 0.490 e. The van der Waals surface area contributed by atoms with Crippen LogP contribution in [0, 0.1) is 0 Å². The van der Waals surface area contributed by atoms with Gasteiger partial charge in [0.05, 0.1) is 25.3 Å². The Morgan fingerprint density at radius 2 is 1.75 bits per heavy atom. The number of aromatic nitrogens is 3. The van der Waals surface area contributed by atoms with Crippen LogP contribution in [0.25, 0.3) is 22.9 Å². The van der Waals surface area contributed by atoms with E-state index in [2.05, 4.69) is 15.2 Å². The number of hydrogen-bond donors (Lipinski definition) is 1. The van der Waals surface area contributed by atoms with Crippen molar-refractivity contribution in [2.24, 2.45) is 0 Å². The van der Waals surface area contributed by atoms with E-state index < -0.39 is 12.1 Å². The molecule has 0 saturated heterocycles. The highest BCUT2D eigenvalue weighted by atomic mass is 19.4. The lowest BCUT2D eigenvalue weighted by molar-refractivity contribution is -0.192. The van der Waals surface area contributed by atoms with E-state index in [1.54, 1.807) is 32.7 Å². The number of carbonyl (C=O) groups is 1. The van der Waals surface area contributed by atoms with Gasteiger partial charge in [0.15, 0.2) is 11.5 Å². The largest absolute Gasteiger partial charge is 0.493 e. The van der Waals surface area contributed by atoms with Crippen molar-refractivity contribution in [3.05, 3.63) is 42.7 Å². The number of rotatable bonds is 4. The SMILES string of the molecule is COc1cccc(-c2nnc(-c3cccnc3)o2)c1OC.O=C(O)C(F)(F)F. The van der Waals surface area contributed by atoms with Crippen molar-refractivity contribution in [3.63, 3.8) is 0 Å². The first-order valence-electron chi connectivity index (χ1n) is 7.53. The fourth-order valence-electron chi connectivity index (χ4n) is 1.99. The molecule has 28 heavy (non-hydrogen) atoms. The van der Waals surface area contributed by atoms with Crippen molar-refractivity contribution in [1.29, 1.82) is 0 Å². The predicted octanol–water partition coefficient (Wildman–Crippen LogP) is 3.45. The van der Waals surface area contributed by atoms with Crippen LogP contribution in [-0.2, 0) is 4.79 Å². The zero-order valence-electron chi connectivity index (χ0n) is 14.6. The van der Waals surface area contributed by atoms with Crippen LogP contribution in [0.3, 0.4) is 0 Å². The third-order valence-electron chi connectivity index (χ3n) is 3.21. The minimum absolute atomic E-state index is 0.365. The first-order chi connectivity index (χ1) is 13.3. The molecule has 0 unspecified atom stereocenters. The average Bonchev–Trinajstić information content (AvgIpc) is 3.17. The summed E-state index contributed by atoms with van der Waals surface area (Å²) in [7, 11) is 3.15. The van der Waals surface area contributed by atoms with Gasteiger partial charge in [-0.1, -0.05) is 6.07 Å². The quantitative estimate of drug-likeness (QED) is 0.713. The number of hydrogen-bond acceptors (Lipinski definition) is 7. The summed E-state index contributed by atoms with van der Waals surface area (Å²) < 4.78 is 48.1. The van der Waals surface area contributed by atoms with Gasteiger partial charge in [0.1, 0.15) is 0 Å². The van der Waals surface area contributed by atoms with E-state index in [1.807, 2.05) is 24.3 Å². The summed E-state index contributed by atoms with van der Waals surface area (Å²) in [5.41, 5.74) is 1.44. The van der Waals surface area contributed by atoms with Crippen molar-refractivity contribution in [1.82, 2.24) is 15.2 Å². The second kappa shape index (κ2) is 8.84. The zero-order chi connectivity index (χ0) is 20.7. The maximum Gasteiger partial charge on any atom is 0.490 e. The van der Waals surface area contributed by atoms with Crippen LogP contribution in [0.5, 0.6) is 11.5 Å². The molecule has 1 aromatic carbocycles. The molecule has 0 aliphatic carbocycles. The Kier molecular flexibility index (Phi) is 6.53. The van der Waals surface area contributed by atoms with Crippen molar-refractivity contribution < 1.29 is 37.0 Å². The molecule has 1 N–H and O–H groups in total. The summed E-state index contributed by atoms with van der Waals surface area (Å²) in [5.74, 6) is -0.822. The topological polar surface area (TPSA) is 108 Å². The molecule has 3 aromatic rings. The van der Waals surface area contributed by atoms with Gasteiger partial charge in [-0.15, -0.1) is 10.2 Å². The number of halogens is 3. The first-order valence-corrected chi connectivity index (χ1v) is 7.53. The molecular formula is C17H14F3N3O5. The molecule has 0 amide bonds. The normalized spacial score (nSPS) is 10.6. The molecule has 8 nitrogen and oxygen atoms in total. The highest BCUT2D eigenvalue weighted by molar-refractivity contribution is 5.73. The molecule has 2 aromatic heterocycles. The molecular weight excluding hydrogens is 383 g/mol. The lowest BCUT2D eigenvalue weighted by atomic mass is 10.2. The molecule has 0 aliphatic rings. The van der Waals surface area contributed by atoms with Gasteiger partial charge in [-0.2, -0.15) is 13.2 Å². The molecule has 11 heteroatoms. The van der Waals surface area contributed by atoms with Crippen molar-refractivity contribution in [2.75, 3.05) is 14.2 Å². The average molecular weight is 397 g/mol. The van der Waals surface area contributed by atoms with Gasteiger partial charge < -0.3 is 19.0 Å². The van der Waals surface area contributed by atoms with Gasteiger partial charge in [-0.25, -0.2) is 4.79 Å². The van der Waals surface area contributed by atoms with Crippen LogP contribution in [0.2, 0.25) is 0 Å². The second-order valence-electron chi connectivity index (χ2n) is 5.00. The zero-order valence-corrected chi connectivity index (χ0v) is 14.6. The Labute approximate surface area is 156 Å². The molecule has 0 radical (unpaired) electrons. The Bertz CT molecular complexity index is 929. The molecule has 0 saturated carbocycles. The van der Waals surface area contributed by atoms with E-state index in [9.17, 15) is 13.2 Å². The minimum atomic E-state index is -5.08. The van der Waals surface area contributed by atoms with Crippen molar-refractivity contribution in [2.45, 2.75) is 6.18 Å². The Hall–Kier alpha value is -3.63. The van der Waals surface area contributed by atoms with E-state index in [4.69, 9.17) is 23.8 Å². The number of pyridine rings is 1. The minimum Gasteiger partial charge on any atom is -0.493 e. The maximum atomic E-state index is 10.6. The summed E-state index contributed by atoms with van der Waals surface area (Å²) in [6, 6.07) is 9.14. The van der Waals surface area contributed by atoms with E-state index in [0.29, 0.717) is 28.8 Å². The summed E-state index contributed by atoms with van der Waals surface area (Å²) in [4.78, 5) is 12.9. The van der Waals surface area contributed by atoms with Crippen molar-refractivity contribution >= 4 is 5.97 Å². The summed E-state index contributed by atoms with van der Waals surface area (Å²) in [6.07, 6.45) is -1.73. The van der Waals surface area contributed by atoms with E-state index in [1.165, 1.54) is 0 Å². The standard InChI is InChI=1S/C15H13N3O3.C2HF3O2/c1-19-12-7-3-6-11(13(12)20-2)15-18-17-14(21-15)10-5-4-8-16-9-10;3-2(4,5)1(6)7/h3-9H,1-2H3;(H,6,7). The molecule has 0 aliphatic heterocycles. The second-order valence-corrected chi connectivity index (χ2v) is 5.00. The highest BCUT2D eigenvalue weighted by Crippen LogP contribution is 2.37. The van der Waals surface area contributed by atoms with Gasteiger partial charge in [-0.3, -0.25) is 4.98 Å². The van der Waals surface area contributed by atoms with Crippen LogP contribution in [0.15, 0.2) is 47.1 Å². The van der Waals surface area contributed by atoms with Gasteiger partial charge in [0, 0.05) is 12.4 Å². The third kappa shape index (κ3) is 4.96. The number of para-hydroxylation sites is 1. The fraction of sp³-hybridized carbons (Fsp3) is 0.176. The maximum absolute atomic E-state index is 10.6. The number of methoxy groups -OCH3 is 2. The van der Waals surface area contributed by atoms with Crippen LogP contribution in [0.1, 0.15) is 0 Å². The Morgan fingerprint density at radius 3 is 2.29 bits per heavy atom. The first kappa shape index (κ1) is 20.7. The summed E-state index contributed by atoms with van der Waals surface area (Å²) in [5, 5.41) is 15.2. The fourth-order valence-corrected chi connectivity index (χ4v) is 1.99. The molecule has 2 heterocycles. The number of alkyl halides is 3. The van der Waals surface area contributed by atoms with Gasteiger partial charge in [0.25, 0.3) is 5.89 Å². The van der Waals surface area contributed by atoms with E-state index >= 15 is 0 Å². The van der Waals surface area contributed by atoms with E-state index in [0.717, 1.165) is 5.56 Å². The number of nitrogens with zero attached hydrogens (tertiary/aromatic N) is 3. The molecule has 148 valence electrons. The van der Waals surface area contributed by atoms with Crippen LogP contribution >= 0.6 is 0 Å². The molecule has 0 fully saturated rings. The third-order valence-corrected chi connectivity index (χ3v) is 3.21. The van der Waals surface area contributed by atoms with E-state index in [-0.39, 0.29) is 0 Å². The van der Waals surface area contributed by atoms with Crippen LogP contribution in [-0.4, -0.2) is 46.7 Å². The lowest BCUT2D eigenvalue weighted by Crippen LogP contribution is -2.21. The van der Waals surface area contributed by atoms with Crippen LogP contribution in [0.4, 0.5) is 13.2 Å². The van der Waals surface area contributed by atoms with Crippen molar-refractivity contribution in [3.8, 4) is 34.4 Å². The van der Waals surface area contributed by atoms with Gasteiger partial charge in [-0.05, 0) is 24.3 Å². The van der Waals surface area contributed by atoms with Gasteiger partial charge >= 0.3 is 12.1 Å². The molecule has 0 bridgehead atoms. The summed E-state index contributed by atoms with van der Waals surface area (Å²) >= 11 is 0. The lowest BCUT2D eigenvalue weighted by Gasteiger charge is -2.09. The number of carboxylic acids is 1. The number of ether oxygens (including phenoxy) is 2. The summed E-state index contributed by atoms with van der Waals surface area (Å²) in [6.45, 7) is 0. The monoisotopic (exact) mass is 397 g/mol. The molecule has 0 atom stereocenters. The Morgan fingerprint density at radius 1 is 1.07 bits per heavy atom. The molecule has 3 rings (SSSR count). The molecule has 0 spiro atoms. The highest BCUT2D eigenvalue weighted by Gasteiger charge is 2.38. The Balaban J connectivity index is 0.000000345. The predicted molar refractivity (Wildman–Crippen MR) is 89.8 cm³/mol. The number of aliphatic carboxylic acids is 1.